The molecule has 0 aromatic carbocycles. The van der Waals surface area contributed by atoms with Gasteiger partial charge in [-0.05, 0) is 19.1 Å². The molecule has 96 valence electrons. The van der Waals surface area contributed by atoms with Gasteiger partial charge in [0, 0.05) is 0 Å². The minimum Gasteiger partial charge on any atom is -0.468 e. The van der Waals surface area contributed by atoms with Crippen molar-refractivity contribution < 1.29 is 13.9 Å². The quantitative estimate of drug-likeness (QED) is 0.500. The van der Waals surface area contributed by atoms with Crippen molar-refractivity contribution in [1.82, 2.24) is 14.9 Å². The molecule has 2 aromatic rings. The number of aromatic nitrogens is 3. The van der Waals surface area contributed by atoms with E-state index < -0.39 is 5.25 Å². The monoisotopic (exact) mass is 268 g/mol. The van der Waals surface area contributed by atoms with Gasteiger partial charge in [0.15, 0.2) is 5.76 Å². The van der Waals surface area contributed by atoms with Gasteiger partial charge < -0.3 is 15.0 Å². The molecule has 18 heavy (non-hydrogen) atoms. The molecule has 1 atom stereocenters. The standard InChI is InChI=1S/C10H12N4O3S/c1-6(9(15)16-2)18-10-13-12-8(14(10)11)7-4-3-5-17-7/h3-6H,11H2,1-2H3. The molecule has 0 spiro atoms. The van der Waals surface area contributed by atoms with Crippen LogP contribution in [0.4, 0.5) is 0 Å². The van der Waals surface area contributed by atoms with Crippen LogP contribution in [0.5, 0.6) is 0 Å². The van der Waals surface area contributed by atoms with Gasteiger partial charge in [0.2, 0.25) is 11.0 Å². The summed E-state index contributed by atoms with van der Waals surface area (Å²) < 4.78 is 11.1. The normalized spacial score (nSPS) is 12.3. The second-order valence-electron chi connectivity index (χ2n) is 3.44. The molecule has 2 rings (SSSR count). The lowest BCUT2D eigenvalue weighted by molar-refractivity contribution is -0.139. The Hall–Kier alpha value is -1.96. The summed E-state index contributed by atoms with van der Waals surface area (Å²) in [7, 11) is 1.33. The second kappa shape index (κ2) is 5.13. The Kier molecular flexibility index (Phi) is 3.56. The third kappa shape index (κ3) is 2.33. The maximum atomic E-state index is 11.3. The number of furan rings is 1. The average molecular weight is 268 g/mol. The van der Waals surface area contributed by atoms with Crippen molar-refractivity contribution in [3.8, 4) is 11.6 Å². The summed E-state index contributed by atoms with van der Waals surface area (Å²) in [5.41, 5.74) is 0. The largest absolute Gasteiger partial charge is 0.468 e. The van der Waals surface area contributed by atoms with E-state index in [0.717, 1.165) is 0 Å². The van der Waals surface area contributed by atoms with E-state index in [2.05, 4.69) is 14.9 Å². The predicted molar refractivity (Wildman–Crippen MR) is 65.2 cm³/mol. The summed E-state index contributed by atoms with van der Waals surface area (Å²) in [6.07, 6.45) is 1.52. The van der Waals surface area contributed by atoms with Crippen LogP contribution in [-0.4, -0.2) is 33.2 Å². The van der Waals surface area contributed by atoms with Gasteiger partial charge in [0.25, 0.3) is 0 Å². The van der Waals surface area contributed by atoms with Crippen molar-refractivity contribution in [1.29, 1.82) is 0 Å². The van der Waals surface area contributed by atoms with Crippen LogP contribution in [0.15, 0.2) is 28.0 Å². The molecule has 8 heteroatoms. The van der Waals surface area contributed by atoms with Gasteiger partial charge in [-0.1, -0.05) is 11.8 Å². The lowest BCUT2D eigenvalue weighted by Crippen LogP contribution is -2.18. The zero-order chi connectivity index (χ0) is 13.1. The summed E-state index contributed by atoms with van der Waals surface area (Å²) in [5, 5.41) is 7.83. The molecule has 0 bridgehead atoms. The Balaban J connectivity index is 2.19. The first-order chi connectivity index (χ1) is 8.63. The van der Waals surface area contributed by atoms with Gasteiger partial charge in [-0.2, -0.15) is 0 Å². The van der Waals surface area contributed by atoms with Crippen LogP contribution in [0.25, 0.3) is 11.6 Å². The molecule has 7 nitrogen and oxygen atoms in total. The van der Waals surface area contributed by atoms with Crippen LogP contribution in [0, 0.1) is 0 Å². The molecule has 0 radical (unpaired) electrons. The fourth-order valence-electron chi connectivity index (χ4n) is 1.30. The average Bonchev–Trinajstić information content (AvgIpc) is 2.99. The minimum absolute atomic E-state index is 0.345. The van der Waals surface area contributed by atoms with Crippen LogP contribution in [0.1, 0.15) is 6.92 Å². The molecule has 0 fully saturated rings. The van der Waals surface area contributed by atoms with Crippen molar-refractivity contribution in [2.75, 3.05) is 13.0 Å². The molecule has 0 amide bonds. The zero-order valence-corrected chi connectivity index (χ0v) is 10.7. The SMILES string of the molecule is COC(=O)C(C)Sc1nnc(-c2ccco2)n1N. The fourth-order valence-corrected chi connectivity index (χ4v) is 2.10. The highest BCUT2D eigenvalue weighted by Crippen LogP contribution is 2.25. The summed E-state index contributed by atoms with van der Waals surface area (Å²) in [6, 6.07) is 3.46. The number of hydrogen-bond acceptors (Lipinski definition) is 7. The number of rotatable bonds is 4. The first-order valence-corrected chi connectivity index (χ1v) is 6.00. The number of ether oxygens (including phenoxy) is 1. The molecular formula is C10H12N4O3S. The molecule has 0 aliphatic rings. The third-order valence-corrected chi connectivity index (χ3v) is 3.26. The smallest absolute Gasteiger partial charge is 0.318 e. The number of methoxy groups -OCH3 is 1. The maximum absolute atomic E-state index is 11.3. The molecule has 1 unspecified atom stereocenters. The number of carbonyl (C=O) groups is 1. The predicted octanol–water partition coefficient (Wildman–Crippen LogP) is 0.905. The highest BCUT2D eigenvalue weighted by Gasteiger charge is 2.20. The third-order valence-electron chi connectivity index (χ3n) is 2.22. The molecule has 2 aromatic heterocycles. The number of nitrogens with two attached hydrogens (primary N) is 1. The Morgan fingerprint density at radius 2 is 2.39 bits per heavy atom. The summed E-state index contributed by atoms with van der Waals surface area (Å²) in [4.78, 5) is 11.3. The number of esters is 1. The molecule has 0 aliphatic heterocycles. The molecule has 2 heterocycles. The number of nitrogen functional groups attached to an aromatic ring is 1. The number of thioether (sulfide) groups is 1. The summed E-state index contributed by atoms with van der Waals surface area (Å²) >= 11 is 1.17. The Morgan fingerprint density at radius 3 is 3.00 bits per heavy atom. The fraction of sp³-hybridized carbons (Fsp3) is 0.300. The first-order valence-electron chi connectivity index (χ1n) is 5.12. The highest BCUT2D eigenvalue weighted by atomic mass is 32.2. The van der Waals surface area contributed by atoms with Crippen molar-refractivity contribution in [2.24, 2.45) is 0 Å². The van der Waals surface area contributed by atoms with Crippen molar-refractivity contribution in [3.63, 3.8) is 0 Å². The molecule has 0 aliphatic carbocycles. The van der Waals surface area contributed by atoms with Gasteiger partial charge in [0.1, 0.15) is 5.25 Å². The van der Waals surface area contributed by atoms with Crippen LogP contribution in [0.3, 0.4) is 0 Å². The van der Waals surface area contributed by atoms with E-state index in [1.807, 2.05) is 0 Å². The first kappa shape index (κ1) is 12.5. The van der Waals surface area contributed by atoms with Crippen molar-refractivity contribution in [2.45, 2.75) is 17.3 Å². The molecule has 2 N–H and O–H groups in total. The van der Waals surface area contributed by atoms with Gasteiger partial charge in [-0.25, -0.2) is 4.68 Å². The van der Waals surface area contributed by atoms with E-state index in [4.69, 9.17) is 10.3 Å². The number of nitrogens with zero attached hydrogens (tertiary/aromatic N) is 3. The van der Waals surface area contributed by atoms with Gasteiger partial charge in [-0.3, -0.25) is 4.79 Å². The summed E-state index contributed by atoms with van der Waals surface area (Å²) in [6.45, 7) is 1.71. The van der Waals surface area contributed by atoms with E-state index in [-0.39, 0.29) is 5.97 Å². The summed E-state index contributed by atoms with van der Waals surface area (Å²) in [5.74, 6) is 6.42. The topological polar surface area (TPSA) is 96.2 Å². The second-order valence-corrected chi connectivity index (χ2v) is 4.74. The molecule has 0 saturated carbocycles. The number of hydrogen-bond donors (Lipinski definition) is 1. The Bertz CT molecular complexity index is 537. The van der Waals surface area contributed by atoms with Crippen LogP contribution >= 0.6 is 11.8 Å². The van der Waals surface area contributed by atoms with Crippen molar-refractivity contribution in [3.05, 3.63) is 18.4 Å². The lowest BCUT2D eigenvalue weighted by Gasteiger charge is -2.07. The van der Waals surface area contributed by atoms with E-state index in [0.29, 0.717) is 16.7 Å². The Labute approximate surface area is 107 Å². The van der Waals surface area contributed by atoms with Crippen LogP contribution in [-0.2, 0) is 9.53 Å². The van der Waals surface area contributed by atoms with Gasteiger partial charge in [-0.15, -0.1) is 10.2 Å². The van der Waals surface area contributed by atoms with E-state index in [1.54, 1.807) is 19.1 Å². The zero-order valence-electron chi connectivity index (χ0n) is 9.86. The molecule has 0 saturated heterocycles. The molecular weight excluding hydrogens is 256 g/mol. The van der Waals surface area contributed by atoms with Gasteiger partial charge >= 0.3 is 5.97 Å². The van der Waals surface area contributed by atoms with Crippen LogP contribution in [0.2, 0.25) is 0 Å². The van der Waals surface area contributed by atoms with Gasteiger partial charge in [0.05, 0.1) is 13.4 Å². The number of carbonyl (C=O) groups excluding carboxylic acids is 1. The lowest BCUT2D eigenvalue weighted by atomic mass is 10.4. The van der Waals surface area contributed by atoms with Crippen molar-refractivity contribution >= 4 is 17.7 Å². The van der Waals surface area contributed by atoms with E-state index in [9.17, 15) is 4.79 Å². The Morgan fingerprint density at radius 1 is 1.61 bits per heavy atom. The minimum atomic E-state index is -0.411. The van der Waals surface area contributed by atoms with E-state index in [1.165, 1.54) is 29.8 Å². The van der Waals surface area contributed by atoms with Crippen LogP contribution < -0.4 is 5.84 Å². The van der Waals surface area contributed by atoms with E-state index >= 15 is 0 Å². The maximum Gasteiger partial charge on any atom is 0.318 e. The highest BCUT2D eigenvalue weighted by molar-refractivity contribution is 8.00.